The molecular weight excluding hydrogens is 362 g/mol. The van der Waals surface area contributed by atoms with Gasteiger partial charge in [-0.3, -0.25) is 14.7 Å². The third kappa shape index (κ3) is 4.58. The number of piperazine rings is 1. The van der Waals surface area contributed by atoms with Crippen molar-refractivity contribution in [3.8, 4) is 10.7 Å². The molecule has 27 heavy (non-hydrogen) atoms. The SMILES string of the molecule is O=C(CCc1nc(-c2cccs2)no1)N1CCN(Cc2cccnc2)CC1. The largest absolute Gasteiger partial charge is 0.340 e. The van der Waals surface area contributed by atoms with E-state index in [2.05, 4.69) is 26.1 Å². The fraction of sp³-hybridized carbons (Fsp3) is 0.368. The lowest BCUT2D eigenvalue weighted by atomic mass is 10.2. The number of aromatic nitrogens is 3. The summed E-state index contributed by atoms with van der Waals surface area (Å²) in [4.78, 5) is 26.3. The normalized spacial score (nSPS) is 15.2. The first-order chi connectivity index (χ1) is 13.3. The summed E-state index contributed by atoms with van der Waals surface area (Å²) < 4.78 is 5.27. The first-order valence-electron chi connectivity index (χ1n) is 9.03. The van der Waals surface area contributed by atoms with Crippen LogP contribution in [0.4, 0.5) is 0 Å². The standard InChI is InChI=1S/C19H21N5O2S/c25-18(6-5-17-21-19(22-26-17)16-4-2-12-27-16)24-10-8-23(9-11-24)14-15-3-1-7-20-13-15/h1-4,7,12-13H,5-6,8-11,14H2. The molecule has 3 aromatic heterocycles. The summed E-state index contributed by atoms with van der Waals surface area (Å²) >= 11 is 1.57. The summed E-state index contributed by atoms with van der Waals surface area (Å²) in [6, 6.07) is 7.94. The Morgan fingerprint density at radius 3 is 2.81 bits per heavy atom. The highest BCUT2D eigenvalue weighted by atomic mass is 32.1. The van der Waals surface area contributed by atoms with E-state index in [0.29, 0.717) is 24.6 Å². The molecule has 1 aliphatic heterocycles. The van der Waals surface area contributed by atoms with Gasteiger partial charge in [-0.2, -0.15) is 4.98 Å². The third-order valence-electron chi connectivity index (χ3n) is 4.62. The Labute approximate surface area is 161 Å². The summed E-state index contributed by atoms with van der Waals surface area (Å²) in [5.74, 6) is 1.25. The molecule has 0 N–H and O–H groups in total. The third-order valence-corrected chi connectivity index (χ3v) is 5.48. The van der Waals surface area contributed by atoms with Gasteiger partial charge in [0.1, 0.15) is 0 Å². The van der Waals surface area contributed by atoms with Crippen LogP contribution in [0.2, 0.25) is 0 Å². The van der Waals surface area contributed by atoms with Crippen LogP contribution in [0.5, 0.6) is 0 Å². The van der Waals surface area contributed by atoms with Crippen molar-refractivity contribution >= 4 is 17.2 Å². The van der Waals surface area contributed by atoms with Crippen molar-refractivity contribution in [2.24, 2.45) is 0 Å². The van der Waals surface area contributed by atoms with Gasteiger partial charge >= 0.3 is 0 Å². The lowest BCUT2D eigenvalue weighted by Gasteiger charge is -2.34. The van der Waals surface area contributed by atoms with Gasteiger partial charge in [0.05, 0.1) is 4.88 Å². The van der Waals surface area contributed by atoms with Crippen LogP contribution < -0.4 is 0 Å². The fourth-order valence-corrected chi connectivity index (χ4v) is 3.79. The number of rotatable bonds is 6. The molecule has 0 aliphatic carbocycles. The molecule has 1 amide bonds. The van der Waals surface area contributed by atoms with E-state index in [1.165, 1.54) is 5.56 Å². The summed E-state index contributed by atoms with van der Waals surface area (Å²) in [6.45, 7) is 4.14. The number of amides is 1. The van der Waals surface area contributed by atoms with Gasteiger partial charge in [0.15, 0.2) is 0 Å². The molecule has 140 valence electrons. The molecule has 4 heterocycles. The van der Waals surface area contributed by atoms with E-state index >= 15 is 0 Å². The minimum absolute atomic E-state index is 0.145. The van der Waals surface area contributed by atoms with Gasteiger partial charge in [0.2, 0.25) is 17.6 Å². The van der Waals surface area contributed by atoms with Crippen molar-refractivity contribution in [3.63, 3.8) is 0 Å². The first-order valence-corrected chi connectivity index (χ1v) is 9.91. The van der Waals surface area contributed by atoms with Gasteiger partial charge < -0.3 is 9.42 Å². The van der Waals surface area contributed by atoms with Crippen molar-refractivity contribution in [2.75, 3.05) is 26.2 Å². The van der Waals surface area contributed by atoms with Crippen LogP contribution in [-0.2, 0) is 17.8 Å². The molecule has 0 radical (unpaired) electrons. The Balaban J connectivity index is 1.23. The maximum absolute atomic E-state index is 12.5. The van der Waals surface area contributed by atoms with E-state index in [1.54, 1.807) is 17.5 Å². The van der Waals surface area contributed by atoms with E-state index in [4.69, 9.17) is 4.52 Å². The summed E-state index contributed by atoms with van der Waals surface area (Å²) in [6.07, 6.45) is 4.56. The number of carbonyl (C=O) groups excluding carboxylic acids is 1. The van der Waals surface area contributed by atoms with E-state index in [1.807, 2.05) is 34.7 Å². The number of aryl methyl sites for hydroxylation is 1. The van der Waals surface area contributed by atoms with Crippen molar-refractivity contribution in [1.29, 1.82) is 0 Å². The van der Waals surface area contributed by atoms with Gasteiger partial charge in [-0.25, -0.2) is 0 Å². The minimum atomic E-state index is 0.145. The molecule has 0 aromatic carbocycles. The summed E-state index contributed by atoms with van der Waals surface area (Å²) in [5.41, 5.74) is 1.20. The van der Waals surface area contributed by atoms with Gasteiger partial charge in [0, 0.05) is 58.0 Å². The molecule has 8 heteroatoms. The fourth-order valence-electron chi connectivity index (χ4n) is 3.14. The van der Waals surface area contributed by atoms with Crippen LogP contribution in [-0.4, -0.2) is 57.0 Å². The molecule has 1 fully saturated rings. The zero-order valence-electron chi connectivity index (χ0n) is 15.0. The highest BCUT2D eigenvalue weighted by molar-refractivity contribution is 7.13. The molecular formula is C19H21N5O2S. The smallest absolute Gasteiger partial charge is 0.227 e. The predicted molar refractivity (Wildman–Crippen MR) is 102 cm³/mol. The first kappa shape index (κ1) is 17.8. The molecule has 1 aliphatic rings. The molecule has 0 atom stereocenters. The van der Waals surface area contributed by atoms with Crippen molar-refractivity contribution in [2.45, 2.75) is 19.4 Å². The highest BCUT2D eigenvalue weighted by Gasteiger charge is 2.21. The Kier molecular flexibility index (Phi) is 5.55. The second kappa shape index (κ2) is 8.41. The Morgan fingerprint density at radius 1 is 1.19 bits per heavy atom. The summed E-state index contributed by atoms with van der Waals surface area (Å²) in [5, 5.41) is 5.96. The van der Waals surface area contributed by atoms with Crippen LogP contribution >= 0.6 is 11.3 Å². The Morgan fingerprint density at radius 2 is 2.07 bits per heavy atom. The summed E-state index contributed by atoms with van der Waals surface area (Å²) in [7, 11) is 0. The predicted octanol–water partition coefficient (Wildman–Crippen LogP) is 2.47. The quantitative estimate of drug-likeness (QED) is 0.651. The number of carbonyl (C=O) groups is 1. The number of thiophene rings is 1. The number of pyridine rings is 1. The zero-order chi connectivity index (χ0) is 18.5. The molecule has 0 bridgehead atoms. The van der Waals surface area contributed by atoms with Crippen molar-refractivity contribution in [3.05, 3.63) is 53.5 Å². The van der Waals surface area contributed by atoms with Crippen molar-refractivity contribution < 1.29 is 9.32 Å². The average molecular weight is 383 g/mol. The number of hydrogen-bond acceptors (Lipinski definition) is 7. The van der Waals surface area contributed by atoms with Crippen LogP contribution in [0.25, 0.3) is 10.7 Å². The maximum atomic E-state index is 12.5. The van der Waals surface area contributed by atoms with Gasteiger partial charge in [-0.15, -0.1) is 11.3 Å². The maximum Gasteiger partial charge on any atom is 0.227 e. The van der Waals surface area contributed by atoms with Crippen LogP contribution in [0.3, 0.4) is 0 Å². The molecule has 0 unspecified atom stereocenters. The van der Waals surface area contributed by atoms with Crippen LogP contribution in [0.1, 0.15) is 17.9 Å². The van der Waals surface area contributed by atoms with E-state index in [0.717, 1.165) is 37.6 Å². The number of nitrogens with zero attached hydrogens (tertiary/aromatic N) is 5. The lowest BCUT2D eigenvalue weighted by Crippen LogP contribution is -2.48. The van der Waals surface area contributed by atoms with Crippen molar-refractivity contribution in [1.82, 2.24) is 24.9 Å². The molecule has 4 rings (SSSR count). The van der Waals surface area contributed by atoms with Crippen LogP contribution in [0, 0.1) is 0 Å². The van der Waals surface area contributed by atoms with Gasteiger partial charge in [-0.1, -0.05) is 17.3 Å². The lowest BCUT2D eigenvalue weighted by molar-refractivity contribution is -0.133. The minimum Gasteiger partial charge on any atom is -0.340 e. The Hall–Kier alpha value is -2.58. The Bertz CT molecular complexity index is 857. The molecule has 7 nitrogen and oxygen atoms in total. The van der Waals surface area contributed by atoms with E-state index < -0.39 is 0 Å². The molecule has 0 spiro atoms. The molecule has 3 aromatic rings. The zero-order valence-corrected chi connectivity index (χ0v) is 15.8. The topological polar surface area (TPSA) is 75.4 Å². The second-order valence-corrected chi connectivity index (χ2v) is 7.45. The van der Waals surface area contributed by atoms with Gasteiger partial charge in [-0.05, 0) is 23.1 Å². The highest BCUT2D eigenvalue weighted by Crippen LogP contribution is 2.21. The van der Waals surface area contributed by atoms with Crippen LogP contribution in [0.15, 0.2) is 46.6 Å². The average Bonchev–Trinajstić information content (AvgIpc) is 3.39. The monoisotopic (exact) mass is 383 g/mol. The molecule has 1 saturated heterocycles. The molecule has 0 saturated carbocycles. The number of hydrogen-bond donors (Lipinski definition) is 0. The van der Waals surface area contributed by atoms with E-state index in [-0.39, 0.29) is 5.91 Å². The second-order valence-electron chi connectivity index (χ2n) is 6.51. The van der Waals surface area contributed by atoms with Gasteiger partial charge in [0.25, 0.3) is 0 Å². The van der Waals surface area contributed by atoms with E-state index in [9.17, 15) is 4.79 Å².